The number of carbonyl (C=O) groups is 1. The van der Waals surface area contributed by atoms with Crippen LogP contribution in [0, 0.1) is 0 Å². The fourth-order valence-corrected chi connectivity index (χ4v) is 2.59. The summed E-state index contributed by atoms with van der Waals surface area (Å²) >= 11 is 0. The molecule has 0 amide bonds. The van der Waals surface area contributed by atoms with Gasteiger partial charge in [-0.25, -0.2) is 4.79 Å². The van der Waals surface area contributed by atoms with Crippen LogP contribution < -0.4 is 15.8 Å². The number of nitrogens with two attached hydrogens (primary N) is 1. The predicted molar refractivity (Wildman–Crippen MR) is 105 cm³/mol. The molecule has 0 fully saturated rings. The maximum absolute atomic E-state index is 12.2. The molecule has 0 radical (unpaired) electrons. The highest BCUT2D eigenvalue weighted by molar-refractivity contribution is 5.89. The molecule has 0 saturated heterocycles. The van der Waals surface area contributed by atoms with Crippen LogP contribution in [-0.4, -0.2) is 28.0 Å². The van der Waals surface area contributed by atoms with E-state index in [1.807, 2.05) is 24.3 Å². The predicted octanol–water partition coefficient (Wildman–Crippen LogP) is 3.13. The van der Waals surface area contributed by atoms with E-state index in [0.717, 1.165) is 17.7 Å². The van der Waals surface area contributed by atoms with Crippen molar-refractivity contribution in [3.8, 4) is 5.75 Å². The minimum atomic E-state index is -0.510. The molecule has 0 aliphatic carbocycles. The number of nitrogen functional groups attached to an aromatic ring is 1. The molecule has 0 bridgehead atoms. The van der Waals surface area contributed by atoms with Crippen LogP contribution in [0.1, 0.15) is 28.7 Å². The highest BCUT2D eigenvalue weighted by atomic mass is 16.5. The van der Waals surface area contributed by atoms with Crippen molar-refractivity contribution >= 4 is 23.6 Å². The highest BCUT2D eigenvalue weighted by Crippen LogP contribution is 2.19. The molecule has 1 aromatic heterocycles. The lowest BCUT2D eigenvalue weighted by atomic mass is 10.1. The molecule has 3 aromatic rings. The minimum absolute atomic E-state index is 0.0407. The monoisotopic (exact) mass is 379 g/mol. The molecule has 0 atom stereocenters. The highest BCUT2D eigenvalue weighted by Gasteiger charge is 2.12. The van der Waals surface area contributed by atoms with Crippen molar-refractivity contribution in [2.45, 2.75) is 20.0 Å². The number of methoxy groups -OCH3 is 1. The van der Waals surface area contributed by atoms with Gasteiger partial charge in [-0.1, -0.05) is 31.2 Å². The Morgan fingerprint density at radius 2 is 1.93 bits per heavy atom. The van der Waals surface area contributed by atoms with Gasteiger partial charge in [-0.2, -0.15) is 15.0 Å². The number of aryl methyl sites for hydroxylation is 1. The van der Waals surface area contributed by atoms with Gasteiger partial charge in [0.25, 0.3) is 0 Å². The van der Waals surface area contributed by atoms with E-state index in [1.165, 1.54) is 7.11 Å². The average molecular weight is 379 g/mol. The van der Waals surface area contributed by atoms with Crippen molar-refractivity contribution < 1.29 is 14.3 Å². The molecule has 0 unspecified atom stereocenters. The van der Waals surface area contributed by atoms with Gasteiger partial charge >= 0.3 is 5.97 Å². The van der Waals surface area contributed by atoms with Gasteiger partial charge in [-0.3, -0.25) is 0 Å². The molecule has 0 aliphatic rings. The summed E-state index contributed by atoms with van der Waals surface area (Å²) in [5.41, 5.74) is 8.15. The van der Waals surface area contributed by atoms with E-state index in [1.54, 1.807) is 24.3 Å². The summed E-state index contributed by atoms with van der Waals surface area (Å²) < 4.78 is 10.4. The summed E-state index contributed by atoms with van der Waals surface area (Å²) in [7, 11) is 1.53. The molecule has 28 heavy (non-hydrogen) atoms. The van der Waals surface area contributed by atoms with Crippen molar-refractivity contribution in [3.05, 3.63) is 65.5 Å². The zero-order valence-corrected chi connectivity index (χ0v) is 15.7. The maximum Gasteiger partial charge on any atom is 0.338 e. The van der Waals surface area contributed by atoms with Gasteiger partial charge in [-0.05, 0) is 36.2 Å². The van der Waals surface area contributed by atoms with Gasteiger partial charge in [0.1, 0.15) is 5.75 Å². The number of nitrogens with zero attached hydrogens (tertiary/aromatic N) is 3. The van der Waals surface area contributed by atoms with Crippen LogP contribution in [0.5, 0.6) is 5.75 Å². The maximum atomic E-state index is 12.2. The van der Waals surface area contributed by atoms with Gasteiger partial charge < -0.3 is 20.5 Å². The van der Waals surface area contributed by atoms with Crippen LogP contribution in [0.15, 0.2) is 48.5 Å². The van der Waals surface area contributed by atoms with Gasteiger partial charge in [0.05, 0.1) is 12.7 Å². The first-order valence-electron chi connectivity index (χ1n) is 8.75. The minimum Gasteiger partial charge on any atom is -0.497 e. The van der Waals surface area contributed by atoms with Crippen molar-refractivity contribution in [3.63, 3.8) is 0 Å². The molecular formula is C20H21N5O3. The summed E-state index contributed by atoms with van der Waals surface area (Å²) in [5, 5.41) is 3.14. The second-order valence-corrected chi connectivity index (χ2v) is 5.88. The molecular weight excluding hydrogens is 358 g/mol. The van der Waals surface area contributed by atoms with Crippen LogP contribution in [0.4, 0.5) is 17.6 Å². The second-order valence-electron chi connectivity index (χ2n) is 5.88. The summed E-state index contributed by atoms with van der Waals surface area (Å²) in [4.78, 5) is 24.7. The summed E-state index contributed by atoms with van der Waals surface area (Å²) in [6.45, 7) is 1.93. The van der Waals surface area contributed by atoms with E-state index in [4.69, 9.17) is 15.2 Å². The zero-order valence-electron chi connectivity index (χ0n) is 15.7. The van der Waals surface area contributed by atoms with Crippen molar-refractivity contribution in [2.75, 3.05) is 18.2 Å². The normalized spacial score (nSPS) is 10.4. The molecule has 1 heterocycles. The topological polar surface area (TPSA) is 112 Å². The summed E-state index contributed by atoms with van der Waals surface area (Å²) in [6, 6.07) is 14.5. The van der Waals surface area contributed by atoms with Gasteiger partial charge in [0.2, 0.25) is 11.9 Å². The Bertz CT molecular complexity index is 978. The van der Waals surface area contributed by atoms with Crippen molar-refractivity contribution in [1.29, 1.82) is 0 Å². The molecule has 2 aromatic carbocycles. The summed E-state index contributed by atoms with van der Waals surface area (Å²) in [6.07, 6.45) is 0.856. The van der Waals surface area contributed by atoms with Crippen molar-refractivity contribution in [2.24, 2.45) is 0 Å². The van der Waals surface area contributed by atoms with Crippen LogP contribution in [0.25, 0.3) is 0 Å². The molecule has 0 aliphatic heterocycles. The van der Waals surface area contributed by atoms with Crippen molar-refractivity contribution in [1.82, 2.24) is 15.0 Å². The van der Waals surface area contributed by atoms with E-state index < -0.39 is 5.97 Å². The quantitative estimate of drug-likeness (QED) is 0.602. The Hall–Kier alpha value is -3.68. The number of para-hydroxylation sites is 1. The molecule has 144 valence electrons. The van der Waals surface area contributed by atoms with E-state index in [-0.39, 0.29) is 18.4 Å². The first-order chi connectivity index (χ1) is 13.6. The Morgan fingerprint density at radius 3 is 2.71 bits per heavy atom. The first kappa shape index (κ1) is 19.1. The van der Waals surface area contributed by atoms with Crippen LogP contribution in [-0.2, 0) is 17.8 Å². The number of anilines is 3. The molecule has 0 spiro atoms. The standard InChI is InChI=1S/C20H21N5O3/c1-3-13-7-4-5-10-16(13)22-20-24-17(23-19(21)25-20)12-28-18(26)14-8-6-9-15(11-14)27-2/h4-11H,3,12H2,1-2H3,(H3,21,22,23,24,25). The number of nitrogens with one attached hydrogen (secondary N) is 1. The number of carbonyl (C=O) groups excluding carboxylic acids is 1. The Labute approximate surface area is 162 Å². The zero-order chi connectivity index (χ0) is 19.9. The SMILES string of the molecule is CCc1ccccc1Nc1nc(N)nc(COC(=O)c2cccc(OC)c2)n1. The lowest BCUT2D eigenvalue weighted by Crippen LogP contribution is -2.11. The fraction of sp³-hybridized carbons (Fsp3) is 0.200. The van der Waals surface area contributed by atoms with Gasteiger partial charge in [0.15, 0.2) is 12.4 Å². The number of hydrogen-bond acceptors (Lipinski definition) is 8. The largest absolute Gasteiger partial charge is 0.497 e. The molecule has 3 N–H and O–H groups in total. The number of rotatable bonds is 7. The summed E-state index contributed by atoms with van der Waals surface area (Å²) in [5.74, 6) is 0.642. The van der Waals surface area contributed by atoms with Crippen LogP contribution in [0.3, 0.4) is 0 Å². The number of benzene rings is 2. The van der Waals surface area contributed by atoms with Crippen LogP contribution in [0.2, 0.25) is 0 Å². The fourth-order valence-electron chi connectivity index (χ4n) is 2.59. The number of hydrogen-bond donors (Lipinski definition) is 2. The number of esters is 1. The third-order valence-electron chi connectivity index (χ3n) is 3.98. The lowest BCUT2D eigenvalue weighted by Gasteiger charge is -2.11. The average Bonchev–Trinajstić information content (AvgIpc) is 2.72. The second kappa shape index (κ2) is 8.81. The van der Waals surface area contributed by atoms with E-state index in [2.05, 4.69) is 27.2 Å². The molecule has 3 rings (SSSR count). The van der Waals surface area contributed by atoms with Gasteiger partial charge in [-0.15, -0.1) is 0 Å². The number of aromatic nitrogens is 3. The van der Waals surface area contributed by atoms with Crippen LogP contribution >= 0.6 is 0 Å². The Morgan fingerprint density at radius 1 is 1.11 bits per heavy atom. The van der Waals surface area contributed by atoms with Gasteiger partial charge in [0, 0.05) is 5.69 Å². The van der Waals surface area contributed by atoms with E-state index in [9.17, 15) is 4.79 Å². The molecule has 8 heteroatoms. The Kier molecular flexibility index (Phi) is 6.01. The first-order valence-corrected chi connectivity index (χ1v) is 8.75. The molecule has 8 nitrogen and oxygen atoms in total. The number of ether oxygens (including phenoxy) is 2. The third-order valence-corrected chi connectivity index (χ3v) is 3.98. The molecule has 0 saturated carbocycles. The Balaban J connectivity index is 1.71. The van der Waals surface area contributed by atoms with E-state index in [0.29, 0.717) is 17.3 Å². The lowest BCUT2D eigenvalue weighted by molar-refractivity contribution is 0.0462. The third kappa shape index (κ3) is 4.73. The van der Waals surface area contributed by atoms with E-state index >= 15 is 0 Å². The smallest absolute Gasteiger partial charge is 0.338 e.